The van der Waals surface area contributed by atoms with Crippen LogP contribution in [0.2, 0.25) is 0 Å². The summed E-state index contributed by atoms with van der Waals surface area (Å²) in [5.74, 6) is -0.0943. The smallest absolute Gasteiger partial charge is 0.251 e. The summed E-state index contributed by atoms with van der Waals surface area (Å²) >= 11 is 0. The van der Waals surface area contributed by atoms with Crippen molar-refractivity contribution in [3.8, 4) is 0 Å². The Labute approximate surface area is 101 Å². The highest BCUT2D eigenvalue weighted by atomic mass is 16.7. The lowest BCUT2D eigenvalue weighted by Gasteiger charge is -2.14. The van der Waals surface area contributed by atoms with Gasteiger partial charge in [0.05, 0.1) is 6.54 Å². The molecule has 0 aromatic heterocycles. The van der Waals surface area contributed by atoms with E-state index in [4.69, 9.17) is 9.47 Å². The van der Waals surface area contributed by atoms with Crippen molar-refractivity contribution < 1.29 is 14.3 Å². The zero-order valence-corrected chi connectivity index (χ0v) is 10.3. The first-order chi connectivity index (χ1) is 8.21. The van der Waals surface area contributed by atoms with Gasteiger partial charge in [-0.3, -0.25) is 4.79 Å². The van der Waals surface area contributed by atoms with Crippen LogP contribution in [0.1, 0.15) is 10.4 Å². The normalized spacial score (nSPS) is 10.4. The van der Waals surface area contributed by atoms with E-state index in [0.717, 1.165) is 5.69 Å². The Morgan fingerprint density at radius 3 is 2.29 bits per heavy atom. The lowest BCUT2D eigenvalue weighted by molar-refractivity contribution is -0.0914. The van der Waals surface area contributed by atoms with Crippen molar-refractivity contribution in [2.75, 3.05) is 33.1 Å². The number of hydrogen-bond donors (Lipinski definition) is 2. The number of benzene rings is 1. The molecule has 1 rings (SSSR count). The molecule has 0 unspecified atom stereocenters. The summed E-state index contributed by atoms with van der Waals surface area (Å²) in [5.41, 5.74) is 1.55. The summed E-state index contributed by atoms with van der Waals surface area (Å²) in [6, 6.07) is 7.20. The van der Waals surface area contributed by atoms with Crippen LogP contribution >= 0.6 is 0 Å². The molecule has 2 N–H and O–H groups in total. The molecule has 17 heavy (non-hydrogen) atoms. The van der Waals surface area contributed by atoms with E-state index >= 15 is 0 Å². The third-order valence-electron chi connectivity index (χ3n) is 2.37. The lowest BCUT2D eigenvalue weighted by Crippen LogP contribution is -2.23. The molecule has 0 spiro atoms. The van der Waals surface area contributed by atoms with Crippen LogP contribution in [0.3, 0.4) is 0 Å². The fraction of sp³-hybridized carbons (Fsp3) is 0.417. The second-order valence-corrected chi connectivity index (χ2v) is 3.44. The van der Waals surface area contributed by atoms with Gasteiger partial charge in [-0.25, -0.2) is 0 Å². The first-order valence-electron chi connectivity index (χ1n) is 5.33. The summed E-state index contributed by atoms with van der Waals surface area (Å²) in [4.78, 5) is 11.3. The Kier molecular flexibility index (Phi) is 5.45. The van der Waals surface area contributed by atoms with Crippen molar-refractivity contribution in [1.82, 2.24) is 5.32 Å². The number of ether oxygens (including phenoxy) is 2. The minimum atomic E-state index is -0.284. The molecule has 0 radical (unpaired) electrons. The second kappa shape index (κ2) is 6.88. The van der Waals surface area contributed by atoms with Crippen LogP contribution in [-0.4, -0.2) is 40.0 Å². The monoisotopic (exact) mass is 238 g/mol. The van der Waals surface area contributed by atoms with Gasteiger partial charge >= 0.3 is 0 Å². The summed E-state index contributed by atoms with van der Waals surface area (Å²) in [7, 11) is 4.78. The summed E-state index contributed by atoms with van der Waals surface area (Å²) in [6.45, 7) is 0.548. The van der Waals surface area contributed by atoms with Gasteiger partial charge in [-0.2, -0.15) is 0 Å². The Morgan fingerprint density at radius 1 is 1.24 bits per heavy atom. The highest BCUT2D eigenvalue weighted by Crippen LogP contribution is 2.09. The van der Waals surface area contributed by atoms with Crippen molar-refractivity contribution in [3.05, 3.63) is 29.8 Å². The summed E-state index contributed by atoms with van der Waals surface area (Å²) < 4.78 is 10.1. The van der Waals surface area contributed by atoms with Gasteiger partial charge in [0.2, 0.25) is 0 Å². The molecule has 94 valence electrons. The molecule has 0 heterocycles. The third kappa shape index (κ3) is 4.05. The van der Waals surface area contributed by atoms with Crippen LogP contribution in [0.5, 0.6) is 0 Å². The van der Waals surface area contributed by atoms with Gasteiger partial charge < -0.3 is 20.1 Å². The molecule has 1 aromatic carbocycles. The molecule has 5 heteroatoms. The lowest BCUT2D eigenvalue weighted by atomic mass is 10.2. The predicted molar refractivity (Wildman–Crippen MR) is 66.1 cm³/mol. The molecule has 0 aliphatic heterocycles. The van der Waals surface area contributed by atoms with Gasteiger partial charge in [-0.05, 0) is 24.3 Å². The summed E-state index contributed by atoms with van der Waals surface area (Å²) in [5, 5.41) is 5.72. The molecular weight excluding hydrogens is 220 g/mol. The van der Waals surface area contributed by atoms with E-state index in [-0.39, 0.29) is 12.2 Å². The number of anilines is 1. The van der Waals surface area contributed by atoms with E-state index in [2.05, 4.69) is 10.6 Å². The second-order valence-electron chi connectivity index (χ2n) is 3.44. The van der Waals surface area contributed by atoms with Crippen LogP contribution in [0.15, 0.2) is 24.3 Å². The Morgan fingerprint density at radius 2 is 1.82 bits per heavy atom. The van der Waals surface area contributed by atoms with E-state index < -0.39 is 0 Å². The Bertz CT molecular complexity index is 347. The zero-order chi connectivity index (χ0) is 12.7. The topological polar surface area (TPSA) is 59.6 Å². The number of nitrogens with one attached hydrogen (secondary N) is 2. The van der Waals surface area contributed by atoms with Crippen molar-refractivity contribution in [2.45, 2.75) is 6.29 Å². The molecule has 0 saturated heterocycles. The number of methoxy groups -OCH3 is 2. The molecule has 1 aromatic rings. The quantitative estimate of drug-likeness (QED) is 0.728. The maximum absolute atomic E-state index is 11.3. The molecule has 0 aliphatic carbocycles. The maximum atomic E-state index is 11.3. The predicted octanol–water partition coefficient (Wildman–Crippen LogP) is 1.08. The Balaban J connectivity index is 2.53. The fourth-order valence-corrected chi connectivity index (χ4v) is 1.35. The van der Waals surface area contributed by atoms with E-state index in [0.29, 0.717) is 12.1 Å². The van der Waals surface area contributed by atoms with Crippen molar-refractivity contribution in [2.24, 2.45) is 0 Å². The SMILES string of the molecule is CNC(=O)c1ccc(NCC(OC)OC)cc1. The first kappa shape index (κ1) is 13.5. The maximum Gasteiger partial charge on any atom is 0.251 e. The first-order valence-corrected chi connectivity index (χ1v) is 5.33. The molecule has 0 aliphatic rings. The third-order valence-corrected chi connectivity index (χ3v) is 2.37. The van der Waals surface area contributed by atoms with Gasteiger partial charge in [0.25, 0.3) is 5.91 Å². The molecular formula is C12H18N2O3. The van der Waals surface area contributed by atoms with Crippen molar-refractivity contribution in [3.63, 3.8) is 0 Å². The average Bonchev–Trinajstić information content (AvgIpc) is 2.39. The highest BCUT2D eigenvalue weighted by molar-refractivity contribution is 5.94. The van der Waals surface area contributed by atoms with E-state index in [1.54, 1.807) is 33.4 Å². The van der Waals surface area contributed by atoms with Crippen LogP contribution in [0.25, 0.3) is 0 Å². The zero-order valence-electron chi connectivity index (χ0n) is 10.3. The van der Waals surface area contributed by atoms with Gasteiger partial charge in [-0.1, -0.05) is 0 Å². The Hall–Kier alpha value is -1.59. The number of rotatable bonds is 6. The number of amides is 1. The molecule has 0 bridgehead atoms. The fourth-order valence-electron chi connectivity index (χ4n) is 1.35. The van der Waals surface area contributed by atoms with E-state index in [1.807, 2.05) is 12.1 Å². The van der Waals surface area contributed by atoms with E-state index in [9.17, 15) is 4.79 Å². The van der Waals surface area contributed by atoms with Gasteiger partial charge in [0, 0.05) is 32.5 Å². The van der Waals surface area contributed by atoms with Crippen LogP contribution in [0.4, 0.5) is 5.69 Å². The van der Waals surface area contributed by atoms with Gasteiger partial charge in [-0.15, -0.1) is 0 Å². The van der Waals surface area contributed by atoms with E-state index in [1.165, 1.54) is 0 Å². The average molecular weight is 238 g/mol. The van der Waals surface area contributed by atoms with Crippen molar-refractivity contribution >= 4 is 11.6 Å². The minimum absolute atomic E-state index is 0.0943. The minimum Gasteiger partial charge on any atom is -0.380 e. The molecule has 5 nitrogen and oxygen atoms in total. The standard InChI is InChI=1S/C12H18N2O3/c1-13-12(15)9-4-6-10(7-5-9)14-8-11(16-2)17-3/h4-7,11,14H,8H2,1-3H3,(H,13,15). The highest BCUT2D eigenvalue weighted by Gasteiger charge is 2.05. The summed E-state index contributed by atoms with van der Waals surface area (Å²) in [6.07, 6.45) is -0.284. The molecule has 1 amide bonds. The van der Waals surface area contributed by atoms with Crippen LogP contribution in [0, 0.1) is 0 Å². The van der Waals surface area contributed by atoms with Gasteiger partial charge in [0.15, 0.2) is 6.29 Å². The molecule has 0 atom stereocenters. The number of hydrogen-bond acceptors (Lipinski definition) is 4. The van der Waals surface area contributed by atoms with Gasteiger partial charge in [0.1, 0.15) is 0 Å². The molecule has 0 saturated carbocycles. The number of carbonyl (C=O) groups is 1. The van der Waals surface area contributed by atoms with Crippen LogP contribution < -0.4 is 10.6 Å². The number of carbonyl (C=O) groups excluding carboxylic acids is 1. The van der Waals surface area contributed by atoms with Crippen molar-refractivity contribution in [1.29, 1.82) is 0 Å². The van der Waals surface area contributed by atoms with Crippen LogP contribution in [-0.2, 0) is 9.47 Å². The molecule has 0 fully saturated rings. The largest absolute Gasteiger partial charge is 0.380 e.